The largest absolute Gasteiger partial charge is 0.352 e. The Labute approximate surface area is 81.4 Å². The lowest BCUT2D eigenvalue weighted by Gasteiger charge is -2.15. The van der Waals surface area contributed by atoms with Gasteiger partial charge < -0.3 is 9.47 Å². The third kappa shape index (κ3) is 1.97. The summed E-state index contributed by atoms with van der Waals surface area (Å²) in [5.74, 6) is -0.511. The summed E-state index contributed by atoms with van der Waals surface area (Å²) in [6, 6.07) is 4.23. The predicted octanol–water partition coefficient (Wildman–Crippen LogP) is 1.93. The fourth-order valence-corrected chi connectivity index (χ4v) is 1.24. The van der Waals surface area contributed by atoms with Crippen LogP contribution in [0.15, 0.2) is 18.2 Å². The van der Waals surface area contributed by atoms with Gasteiger partial charge in [-0.3, -0.25) is 4.79 Å². The van der Waals surface area contributed by atoms with Crippen molar-refractivity contribution < 1.29 is 18.7 Å². The summed E-state index contributed by atoms with van der Waals surface area (Å²) in [4.78, 5) is 10.6. The first-order valence-corrected chi connectivity index (χ1v) is 4.03. The molecule has 0 aliphatic carbocycles. The third-order valence-electron chi connectivity index (χ3n) is 1.88. The SMILES string of the molecule is COC(OC)c1c(F)cccc1C=O. The van der Waals surface area contributed by atoms with Crippen molar-refractivity contribution in [1.29, 1.82) is 0 Å². The molecule has 0 bridgehead atoms. The number of ether oxygens (including phenoxy) is 2. The van der Waals surface area contributed by atoms with Crippen molar-refractivity contribution in [2.45, 2.75) is 6.29 Å². The first kappa shape index (κ1) is 10.8. The molecule has 0 aliphatic rings. The first-order chi connectivity index (χ1) is 6.74. The molecule has 4 heteroatoms. The zero-order valence-electron chi connectivity index (χ0n) is 7.99. The zero-order valence-corrected chi connectivity index (χ0v) is 7.99. The molecule has 3 nitrogen and oxygen atoms in total. The molecule has 1 aromatic carbocycles. The highest BCUT2D eigenvalue weighted by molar-refractivity contribution is 5.77. The summed E-state index contributed by atoms with van der Waals surface area (Å²) in [7, 11) is 2.77. The van der Waals surface area contributed by atoms with Crippen molar-refractivity contribution in [2.24, 2.45) is 0 Å². The molecule has 14 heavy (non-hydrogen) atoms. The third-order valence-corrected chi connectivity index (χ3v) is 1.88. The van der Waals surface area contributed by atoms with E-state index in [2.05, 4.69) is 0 Å². The Morgan fingerprint density at radius 3 is 2.50 bits per heavy atom. The second kappa shape index (κ2) is 4.83. The number of benzene rings is 1. The highest BCUT2D eigenvalue weighted by Gasteiger charge is 2.18. The summed E-state index contributed by atoms with van der Waals surface area (Å²) in [5, 5.41) is 0. The fraction of sp³-hybridized carbons (Fsp3) is 0.300. The van der Waals surface area contributed by atoms with E-state index in [-0.39, 0.29) is 11.1 Å². The van der Waals surface area contributed by atoms with Crippen LogP contribution >= 0.6 is 0 Å². The van der Waals surface area contributed by atoms with Crippen molar-refractivity contribution in [3.8, 4) is 0 Å². The molecule has 1 aromatic rings. The van der Waals surface area contributed by atoms with Crippen LogP contribution in [0.1, 0.15) is 22.2 Å². The van der Waals surface area contributed by atoms with Gasteiger partial charge in [0.05, 0.1) is 5.56 Å². The van der Waals surface area contributed by atoms with Crippen LogP contribution in [-0.2, 0) is 9.47 Å². The van der Waals surface area contributed by atoms with Crippen LogP contribution in [0, 0.1) is 5.82 Å². The lowest BCUT2D eigenvalue weighted by Crippen LogP contribution is -2.09. The zero-order chi connectivity index (χ0) is 10.6. The minimum absolute atomic E-state index is 0.132. The Balaban J connectivity index is 3.21. The smallest absolute Gasteiger partial charge is 0.186 e. The number of rotatable bonds is 4. The van der Waals surface area contributed by atoms with Crippen molar-refractivity contribution in [3.05, 3.63) is 35.1 Å². The highest BCUT2D eigenvalue weighted by Crippen LogP contribution is 2.23. The van der Waals surface area contributed by atoms with Gasteiger partial charge in [0.2, 0.25) is 0 Å². The van der Waals surface area contributed by atoms with Gasteiger partial charge in [-0.1, -0.05) is 12.1 Å². The van der Waals surface area contributed by atoms with Crippen LogP contribution in [-0.4, -0.2) is 20.5 Å². The number of aldehydes is 1. The predicted molar refractivity (Wildman–Crippen MR) is 48.5 cm³/mol. The van der Waals surface area contributed by atoms with Crippen LogP contribution in [0.25, 0.3) is 0 Å². The van der Waals surface area contributed by atoms with Gasteiger partial charge in [0.1, 0.15) is 5.82 Å². The standard InChI is InChI=1S/C10H11FO3/c1-13-10(14-2)9-7(6-12)4-3-5-8(9)11/h3-6,10H,1-2H3. The molecule has 1 rings (SSSR count). The molecule has 0 N–H and O–H groups in total. The molecule has 76 valence electrons. The number of carbonyl (C=O) groups is 1. The second-order valence-corrected chi connectivity index (χ2v) is 2.66. The molecule has 0 aromatic heterocycles. The molecular formula is C10H11FO3. The Hall–Kier alpha value is -1.26. The van der Waals surface area contributed by atoms with E-state index in [1.54, 1.807) is 0 Å². The Morgan fingerprint density at radius 2 is 2.00 bits per heavy atom. The van der Waals surface area contributed by atoms with Gasteiger partial charge in [-0.15, -0.1) is 0 Å². The summed E-state index contributed by atoms with van der Waals surface area (Å²) in [6.45, 7) is 0. The Bertz CT molecular complexity index is 321. The van der Waals surface area contributed by atoms with Gasteiger partial charge in [0.25, 0.3) is 0 Å². The summed E-state index contributed by atoms with van der Waals surface area (Å²) in [5.41, 5.74) is 0.367. The topological polar surface area (TPSA) is 35.5 Å². The molecule has 0 saturated heterocycles. The van der Waals surface area contributed by atoms with E-state index in [0.29, 0.717) is 6.29 Å². The maximum atomic E-state index is 13.3. The number of methoxy groups -OCH3 is 2. The quantitative estimate of drug-likeness (QED) is 0.547. The normalized spacial score (nSPS) is 10.6. The molecule has 0 unspecified atom stereocenters. The first-order valence-electron chi connectivity index (χ1n) is 4.03. The molecular weight excluding hydrogens is 187 g/mol. The van der Waals surface area contributed by atoms with Crippen LogP contribution < -0.4 is 0 Å². The van der Waals surface area contributed by atoms with Crippen LogP contribution in [0.5, 0.6) is 0 Å². The van der Waals surface area contributed by atoms with E-state index in [1.165, 1.54) is 32.4 Å². The van der Waals surface area contributed by atoms with Crippen LogP contribution in [0.3, 0.4) is 0 Å². The van der Waals surface area contributed by atoms with E-state index >= 15 is 0 Å². The fourth-order valence-electron chi connectivity index (χ4n) is 1.24. The molecule has 0 aliphatic heterocycles. The molecule has 0 radical (unpaired) electrons. The van der Waals surface area contributed by atoms with Gasteiger partial charge in [0.15, 0.2) is 12.6 Å². The molecule has 0 atom stereocenters. The van der Waals surface area contributed by atoms with E-state index < -0.39 is 12.1 Å². The number of carbonyl (C=O) groups excluding carboxylic acids is 1. The summed E-state index contributed by atoms with van der Waals surface area (Å²) in [6.07, 6.45) is -0.278. The molecule has 0 heterocycles. The van der Waals surface area contributed by atoms with Crippen LogP contribution in [0.2, 0.25) is 0 Å². The lowest BCUT2D eigenvalue weighted by atomic mass is 10.1. The van der Waals surface area contributed by atoms with Gasteiger partial charge in [-0.2, -0.15) is 0 Å². The molecule has 0 fully saturated rings. The van der Waals surface area contributed by atoms with Crippen molar-refractivity contribution in [1.82, 2.24) is 0 Å². The van der Waals surface area contributed by atoms with Crippen molar-refractivity contribution >= 4 is 6.29 Å². The van der Waals surface area contributed by atoms with Crippen molar-refractivity contribution in [3.63, 3.8) is 0 Å². The second-order valence-electron chi connectivity index (χ2n) is 2.66. The van der Waals surface area contributed by atoms with Gasteiger partial charge in [-0.25, -0.2) is 4.39 Å². The molecule has 0 saturated carbocycles. The van der Waals surface area contributed by atoms with Gasteiger partial charge in [0, 0.05) is 19.8 Å². The monoisotopic (exact) mass is 198 g/mol. The minimum Gasteiger partial charge on any atom is -0.352 e. The van der Waals surface area contributed by atoms with Gasteiger partial charge >= 0.3 is 0 Å². The van der Waals surface area contributed by atoms with Gasteiger partial charge in [-0.05, 0) is 6.07 Å². The maximum Gasteiger partial charge on any atom is 0.186 e. The Morgan fingerprint density at radius 1 is 1.36 bits per heavy atom. The average Bonchev–Trinajstić information content (AvgIpc) is 2.22. The highest BCUT2D eigenvalue weighted by atomic mass is 19.1. The van der Waals surface area contributed by atoms with Crippen LogP contribution in [0.4, 0.5) is 4.39 Å². The average molecular weight is 198 g/mol. The van der Waals surface area contributed by atoms with Crippen molar-refractivity contribution in [2.75, 3.05) is 14.2 Å². The minimum atomic E-state index is -0.851. The summed E-state index contributed by atoms with van der Waals surface area (Å²) < 4.78 is 23.1. The molecule has 0 amide bonds. The van der Waals surface area contributed by atoms with E-state index in [4.69, 9.17) is 9.47 Å². The number of hydrogen-bond donors (Lipinski definition) is 0. The maximum absolute atomic E-state index is 13.3. The van der Waals surface area contributed by atoms with E-state index in [9.17, 15) is 9.18 Å². The van der Waals surface area contributed by atoms with E-state index in [1.807, 2.05) is 0 Å². The molecule has 0 spiro atoms. The number of hydrogen-bond acceptors (Lipinski definition) is 3. The number of halogens is 1. The summed E-state index contributed by atoms with van der Waals surface area (Å²) >= 11 is 0. The van der Waals surface area contributed by atoms with E-state index in [0.717, 1.165) is 0 Å². The lowest BCUT2D eigenvalue weighted by molar-refractivity contribution is -0.108. The Kier molecular flexibility index (Phi) is 3.73.